The Morgan fingerprint density at radius 1 is 1.33 bits per heavy atom. The summed E-state index contributed by atoms with van der Waals surface area (Å²) in [5, 5.41) is 4.31. The summed E-state index contributed by atoms with van der Waals surface area (Å²) < 4.78 is 11.1. The van der Waals surface area contributed by atoms with Crippen LogP contribution in [0.3, 0.4) is 0 Å². The van der Waals surface area contributed by atoms with Crippen LogP contribution in [0.25, 0.3) is 0 Å². The van der Waals surface area contributed by atoms with Gasteiger partial charge in [0.15, 0.2) is 6.79 Å². The maximum atomic E-state index is 6.27. The van der Waals surface area contributed by atoms with Crippen LogP contribution in [0.2, 0.25) is 5.02 Å². The molecule has 114 valence electrons. The molecule has 2 saturated heterocycles. The van der Waals surface area contributed by atoms with Crippen LogP contribution in [0, 0.1) is 5.92 Å². The van der Waals surface area contributed by atoms with Crippen LogP contribution in [0.5, 0.6) is 5.75 Å². The lowest BCUT2D eigenvalue weighted by atomic mass is 9.91. The van der Waals surface area contributed by atoms with Gasteiger partial charge >= 0.3 is 0 Å². The van der Waals surface area contributed by atoms with Crippen molar-refractivity contribution >= 4 is 11.6 Å². The lowest BCUT2D eigenvalue weighted by molar-refractivity contribution is -0.0178. The number of halogens is 1. The fourth-order valence-electron chi connectivity index (χ4n) is 3.95. The molecule has 3 heterocycles. The molecular weight excluding hydrogens is 288 g/mol. The molecular formula is C16H21ClN2O2. The standard InChI is InChI=1S/C16H21ClN2O2/c17-14-4-12(16-13(5-14)9-20-10-21-16)8-19-3-1-2-11-6-18-7-15(11)19/h4-5,11,15,18H,1-3,6-10H2. The maximum absolute atomic E-state index is 6.27. The predicted octanol–water partition coefficient (Wildman–Crippen LogP) is 2.39. The summed E-state index contributed by atoms with van der Waals surface area (Å²) in [5.41, 5.74) is 2.27. The summed E-state index contributed by atoms with van der Waals surface area (Å²) in [4.78, 5) is 2.60. The molecule has 0 aliphatic carbocycles. The first-order valence-corrected chi connectivity index (χ1v) is 8.15. The van der Waals surface area contributed by atoms with E-state index in [2.05, 4.69) is 16.3 Å². The summed E-state index contributed by atoms with van der Waals surface area (Å²) in [7, 11) is 0. The van der Waals surface area contributed by atoms with Gasteiger partial charge in [-0.2, -0.15) is 0 Å². The van der Waals surface area contributed by atoms with Crippen LogP contribution in [0.15, 0.2) is 12.1 Å². The molecule has 1 N–H and O–H groups in total. The fraction of sp³-hybridized carbons (Fsp3) is 0.625. The molecule has 4 nitrogen and oxygen atoms in total. The number of rotatable bonds is 2. The van der Waals surface area contributed by atoms with E-state index in [1.165, 1.54) is 31.5 Å². The van der Waals surface area contributed by atoms with Gasteiger partial charge in [-0.25, -0.2) is 0 Å². The molecule has 0 bridgehead atoms. The van der Waals surface area contributed by atoms with Crippen LogP contribution in [-0.4, -0.2) is 37.4 Å². The number of benzene rings is 1. The molecule has 0 aromatic heterocycles. The lowest BCUT2D eigenvalue weighted by Gasteiger charge is -2.37. The first-order chi connectivity index (χ1) is 10.3. The van der Waals surface area contributed by atoms with Crippen LogP contribution in [0.1, 0.15) is 24.0 Å². The molecule has 1 aromatic carbocycles. The number of ether oxygens (including phenoxy) is 2. The Kier molecular flexibility index (Phi) is 3.79. The predicted molar refractivity (Wildman–Crippen MR) is 81.5 cm³/mol. The topological polar surface area (TPSA) is 33.7 Å². The molecule has 3 aliphatic rings. The number of nitrogens with one attached hydrogen (secondary N) is 1. The van der Waals surface area contributed by atoms with E-state index >= 15 is 0 Å². The molecule has 2 atom stereocenters. The molecule has 21 heavy (non-hydrogen) atoms. The molecule has 2 unspecified atom stereocenters. The highest BCUT2D eigenvalue weighted by Crippen LogP contribution is 2.35. The number of hydrogen-bond donors (Lipinski definition) is 1. The van der Waals surface area contributed by atoms with Crippen molar-refractivity contribution in [3.63, 3.8) is 0 Å². The van der Waals surface area contributed by atoms with Crippen LogP contribution in [-0.2, 0) is 17.9 Å². The van der Waals surface area contributed by atoms with Gasteiger partial charge in [-0.1, -0.05) is 11.6 Å². The van der Waals surface area contributed by atoms with E-state index in [1.807, 2.05) is 6.07 Å². The van der Waals surface area contributed by atoms with E-state index in [0.717, 1.165) is 35.3 Å². The minimum absolute atomic E-state index is 0.343. The molecule has 3 aliphatic heterocycles. The highest BCUT2D eigenvalue weighted by atomic mass is 35.5. The average Bonchev–Trinajstić information content (AvgIpc) is 2.96. The van der Waals surface area contributed by atoms with Crippen molar-refractivity contribution in [1.82, 2.24) is 10.2 Å². The van der Waals surface area contributed by atoms with Crippen LogP contribution >= 0.6 is 11.6 Å². The Labute approximate surface area is 130 Å². The van der Waals surface area contributed by atoms with Crippen molar-refractivity contribution in [2.45, 2.75) is 32.0 Å². The Morgan fingerprint density at radius 3 is 3.24 bits per heavy atom. The van der Waals surface area contributed by atoms with Gasteiger partial charge in [-0.15, -0.1) is 0 Å². The lowest BCUT2D eigenvalue weighted by Crippen LogP contribution is -2.44. The second kappa shape index (κ2) is 5.76. The molecule has 0 spiro atoms. The molecule has 5 heteroatoms. The van der Waals surface area contributed by atoms with E-state index in [1.54, 1.807) is 0 Å². The van der Waals surface area contributed by atoms with Crippen molar-refractivity contribution < 1.29 is 9.47 Å². The first-order valence-electron chi connectivity index (χ1n) is 7.78. The smallest absolute Gasteiger partial charge is 0.189 e. The third kappa shape index (κ3) is 2.66. The number of hydrogen-bond acceptors (Lipinski definition) is 4. The number of fused-ring (bicyclic) bond motifs is 2. The largest absolute Gasteiger partial charge is 0.467 e. The van der Waals surface area contributed by atoms with E-state index in [9.17, 15) is 0 Å². The quantitative estimate of drug-likeness (QED) is 0.909. The Morgan fingerprint density at radius 2 is 2.29 bits per heavy atom. The minimum atomic E-state index is 0.343. The van der Waals surface area contributed by atoms with E-state index in [-0.39, 0.29) is 0 Å². The third-order valence-electron chi connectivity index (χ3n) is 4.92. The van der Waals surface area contributed by atoms with E-state index < -0.39 is 0 Å². The SMILES string of the molecule is Clc1cc2c(c(CN3CCCC4CNCC43)c1)OCOC2. The Bertz CT molecular complexity index is 537. The number of likely N-dealkylation sites (tertiary alicyclic amines) is 1. The van der Waals surface area contributed by atoms with Crippen molar-refractivity contribution in [3.8, 4) is 5.75 Å². The van der Waals surface area contributed by atoms with Gasteiger partial charge in [-0.05, 0) is 44.0 Å². The van der Waals surface area contributed by atoms with Gasteiger partial charge in [0.25, 0.3) is 0 Å². The molecule has 1 aromatic rings. The summed E-state index contributed by atoms with van der Waals surface area (Å²) >= 11 is 6.27. The average molecular weight is 309 g/mol. The van der Waals surface area contributed by atoms with Crippen molar-refractivity contribution in [3.05, 3.63) is 28.3 Å². The highest BCUT2D eigenvalue weighted by molar-refractivity contribution is 6.30. The second-order valence-electron chi connectivity index (χ2n) is 6.26. The van der Waals surface area contributed by atoms with E-state index in [0.29, 0.717) is 19.4 Å². The summed E-state index contributed by atoms with van der Waals surface area (Å²) in [6.45, 7) is 5.30. The number of nitrogens with zero attached hydrogens (tertiary/aromatic N) is 1. The van der Waals surface area contributed by atoms with Crippen molar-refractivity contribution in [1.29, 1.82) is 0 Å². The monoisotopic (exact) mass is 308 g/mol. The van der Waals surface area contributed by atoms with Crippen molar-refractivity contribution in [2.75, 3.05) is 26.4 Å². The van der Waals surface area contributed by atoms with Crippen molar-refractivity contribution in [2.24, 2.45) is 5.92 Å². The second-order valence-corrected chi connectivity index (χ2v) is 6.70. The molecule has 4 rings (SSSR count). The van der Waals surface area contributed by atoms with Gasteiger partial charge in [0, 0.05) is 35.3 Å². The van der Waals surface area contributed by atoms with Gasteiger partial charge in [-0.3, -0.25) is 4.90 Å². The van der Waals surface area contributed by atoms with Gasteiger partial charge in [0.2, 0.25) is 0 Å². The normalized spacial score (nSPS) is 28.8. The molecule has 0 amide bonds. The molecule has 0 saturated carbocycles. The first kappa shape index (κ1) is 13.8. The molecule has 0 radical (unpaired) electrons. The molecule has 2 fully saturated rings. The summed E-state index contributed by atoms with van der Waals surface area (Å²) in [6, 6.07) is 4.67. The minimum Gasteiger partial charge on any atom is -0.467 e. The van der Waals surface area contributed by atoms with Crippen LogP contribution < -0.4 is 10.1 Å². The fourth-order valence-corrected chi connectivity index (χ4v) is 4.22. The maximum Gasteiger partial charge on any atom is 0.189 e. The van der Waals surface area contributed by atoms with Gasteiger partial charge < -0.3 is 14.8 Å². The highest BCUT2D eigenvalue weighted by Gasteiger charge is 2.35. The van der Waals surface area contributed by atoms with Gasteiger partial charge in [0.1, 0.15) is 5.75 Å². The Hall–Kier alpha value is -0.810. The van der Waals surface area contributed by atoms with Crippen LogP contribution in [0.4, 0.5) is 0 Å². The summed E-state index contributed by atoms with van der Waals surface area (Å²) in [5.74, 6) is 1.79. The zero-order valence-corrected chi connectivity index (χ0v) is 12.9. The van der Waals surface area contributed by atoms with Gasteiger partial charge in [0.05, 0.1) is 6.61 Å². The summed E-state index contributed by atoms with van der Waals surface area (Å²) in [6.07, 6.45) is 2.64. The number of piperidine rings is 1. The zero-order chi connectivity index (χ0) is 14.2. The van der Waals surface area contributed by atoms with E-state index in [4.69, 9.17) is 21.1 Å². The Balaban J connectivity index is 1.60. The third-order valence-corrected chi connectivity index (χ3v) is 5.14. The zero-order valence-electron chi connectivity index (χ0n) is 12.1.